The lowest BCUT2D eigenvalue weighted by Crippen LogP contribution is -2.43. The van der Waals surface area contributed by atoms with Crippen LogP contribution in [0.4, 0.5) is 0 Å². The quantitative estimate of drug-likeness (QED) is 0.742. The van der Waals surface area contributed by atoms with Crippen molar-refractivity contribution >= 4 is 14.0 Å². The Kier molecular flexibility index (Phi) is 4.16. The summed E-state index contributed by atoms with van der Waals surface area (Å²) >= 11 is 0. The Morgan fingerprint density at radius 3 is 2.76 bits per heavy atom. The highest BCUT2D eigenvalue weighted by molar-refractivity contribution is 6.80. The minimum atomic E-state index is -1.22. The fourth-order valence-corrected chi connectivity index (χ4v) is 5.90. The maximum atomic E-state index is 13.4. The summed E-state index contributed by atoms with van der Waals surface area (Å²) in [5, 5.41) is 0. The molecule has 0 N–H and O–H groups in total. The van der Waals surface area contributed by atoms with E-state index in [9.17, 15) is 4.79 Å². The zero-order valence-electron chi connectivity index (χ0n) is 15.6. The molecule has 134 valence electrons. The Bertz CT molecular complexity index is 681. The van der Waals surface area contributed by atoms with Crippen LogP contribution in [0.3, 0.4) is 0 Å². The Balaban J connectivity index is 1.62. The third-order valence-corrected chi connectivity index (χ3v) is 7.31. The van der Waals surface area contributed by atoms with Crippen molar-refractivity contribution in [3.8, 4) is 0 Å². The molecule has 1 spiro atoms. The van der Waals surface area contributed by atoms with E-state index in [1.807, 2.05) is 6.07 Å². The van der Waals surface area contributed by atoms with E-state index >= 15 is 0 Å². The summed E-state index contributed by atoms with van der Waals surface area (Å²) in [6, 6.07) is 10.5. The van der Waals surface area contributed by atoms with Gasteiger partial charge >= 0.3 is 0 Å². The number of benzene rings is 1. The van der Waals surface area contributed by atoms with Crippen molar-refractivity contribution in [1.29, 1.82) is 0 Å². The Labute approximate surface area is 152 Å². The summed E-state index contributed by atoms with van der Waals surface area (Å²) in [7, 11) is -1.22. The van der Waals surface area contributed by atoms with E-state index in [4.69, 9.17) is 4.74 Å². The van der Waals surface area contributed by atoms with Crippen LogP contribution in [0.5, 0.6) is 0 Å². The molecule has 25 heavy (non-hydrogen) atoms. The SMILES string of the molecule is C[Si](C)(C)/C=C/C[C@H]1C(=O)N2[C@H](c3ccccc3)CO[C@]23CCC[C@H]13. The van der Waals surface area contributed by atoms with E-state index in [1.165, 1.54) is 12.0 Å². The number of ether oxygens (including phenoxy) is 1. The van der Waals surface area contributed by atoms with E-state index in [0.29, 0.717) is 18.4 Å². The summed E-state index contributed by atoms with van der Waals surface area (Å²) in [5.74, 6) is 0.776. The minimum Gasteiger partial charge on any atom is -0.353 e. The predicted molar refractivity (Wildman–Crippen MR) is 103 cm³/mol. The summed E-state index contributed by atoms with van der Waals surface area (Å²) in [6.45, 7) is 7.65. The van der Waals surface area contributed by atoms with Crippen LogP contribution >= 0.6 is 0 Å². The van der Waals surface area contributed by atoms with Gasteiger partial charge in [0, 0.05) is 11.8 Å². The molecule has 1 aromatic rings. The van der Waals surface area contributed by atoms with Crippen LogP contribution in [0.2, 0.25) is 19.6 Å². The van der Waals surface area contributed by atoms with Gasteiger partial charge in [-0.3, -0.25) is 4.79 Å². The molecule has 4 heteroatoms. The van der Waals surface area contributed by atoms with Gasteiger partial charge < -0.3 is 9.64 Å². The molecule has 4 atom stereocenters. The monoisotopic (exact) mass is 355 g/mol. The summed E-state index contributed by atoms with van der Waals surface area (Å²) in [4.78, 5) is 15.5. The van der Waals surface area contributed by atoms with Crippen molar-refractivity contribution in [3.05, 3.63) is 47.7 Å². The first-order chi connectivity index (χ1) is 11.9. The van der Waals surface area contributed by atoms with Crippen LogP contribution in [0.25, 0.3) is 0 Å². The van der Waals surface area contributed by atoms with Gasteiger partial charge in [-0.05, 0) is 31.2 Å². The Morgan fingerprint density at radius 2 is 2.04 bits per heavy atom. The average molecular weight is 356 g/mol. The maximum absolute atomic E-state index is 13.4. The van der Waals surface area contributed by atoms with Crippen molar-refractivity contribution in [3.63, 3.8) is 0 Å². The van der Waals surface area contributed by atoms with Gasteiger partial charge in [-0.1, -0.05) is 61.7 Å². The Morgan fingerprint density at radius 1 is 1.28 bits per heavy atom. The maximum Gasteiger partial charge on any atom is 0.229 e. The van der Waals surface area contributed by atoms with E-state index < -0.39 is 8.07 Å². The zero-order valence-corrected chi connectivity index (χ0v) is 16.6. The van der Waals surface area contributed by atoms with Crippen LogP contribution in [-0.4, -0.2) is 31.2 Å². The number of carbonyl (C=O) groups excluding carboxylic acids is 1. The van der Waals surface area contributed by atoms with Gasteiger partial charge in [0.1, 0.15) is 5.72 Å². The summed E-state index contributed by atoms with van der Waals surface area (Å²) < 4.78 is 6.39. The number of hydrogen-bond donors (Lipinski definition) is 0. The van der Waals surface area contributed by atoms with E-state index in [0.717, 1.165) is 19.3 Å². The van der Waals surface area contributed by atoms with Crippen molar-refractivity contribution in [2.24, 2.45) is 11.8 Å². The molecule has 0 unspecified atom stereocenters. The van der Waals surface area contributed by atoms with E-state index in [-0.39, 0.29) is 17.7 Å². The lowest BCUT2D eigenvalue weighted by atomic mass is 9.87. The van der Waals surface area contributed by atoms with Crippen molar-refractivity contribution in [2.45, 2.75) is 57.1 Å². The molecular weight excluding hydrogens is 326 g/mol. The zero-order chi connectivity index (χ0) is 17.7. The fourth-order valence-electron chi connectivity index (χ4n) is 5.06. The van der Waals surface area contributed by atoms with Gasteiger partial charge in [-0.2, -0.15) is 0 Å². The number of rotatable bonds is 4. The lowest BCUT2D eigenvalue weighted by molar-refractivity contribution is -0.140. The van der Waals surface area contributed by atoms with Gasteiger partial charge in [0.2, 0.25) is 5.91 Å². The van der Waals surface area contributed by atoms with Gasteiger partial charge in [0.05, 0.1) is 20.7 Å². The lowest BCUT2D eigenvalue weighted by Gasteiger charge is -2.32. The molecule has 3 fully saturated rings. The molecular formula is C21H29NO2Si. The molecule has 2 aliphatic heterocycles. The third-order valence-electron chi connectivity index (χ3n) is 6.07. The van der Waals surface area contributed by atoms with Crippen molar-refractivity contribution in [1.82, 2.24) is 4.90 Å². The first-order valence-electron chi connectivity index (χ1n) is 9.62. The first kappa shape index (κ1) is 17.0. The summed E-state index contributed by atoms with van der Waals surface area (Å²) in [5.41, 5.74) is 3.26. The number of amides is 1. The average Bonchev–Trinajstić information content (AvgIpc) is 3.20. The second-order valence-electron chi connectivity index (χ2n) is 8.90. The van der Waals surface area contributed by atoms with Crippen LogP contribution in [-0.2, 0) is 9.53 Å². The second-order valence-corrected chi connectivity index (χ2v) is 14.0. The fraction of sp³-hybridized carbons (Fsp3) is 0.571. The number of hydrogen-bond acceptors (Lipinski definition) is 2. The molecule has 1 amide bonds. The molecule has 3 aliphatic rings. The molecule has 1 aliphatic carbocycles. The molecule has 1 aromatic carbocycles. The van der Waals surface area contributed by atoms with Crippen LogP contribution < -0.4 is 0 Å². The van der Waals surface area contributed by atoms with Crippen LogP contribution in [0.15, 0.2) is 42.1 Å². The molecule has 1 saturated carbocycles. The van der Waals surface area contributed by atoms with Gasteiger partial charge in [-0.25, -0.2) is 0 Å². The number of carbonyl (C=O) groups is 1. The molecule has 0 radical (unpaired) electrons. The van der Waals surface area contributed by atoms with Gasteiger partial charge in [0.15, 0.2) is 0 Å². The normalized spacial score (nSPS) is 34.8. The third kappa shape index (κ3) is 2.79. The second kappa shape index (κ2) is 6.10. The largest absolute Gasteiger partial charge is 0.353 e. The van der Waals surface area contributed by atoms with Gasteiger partial charge in [0.25, 0.3) is 0 Å². The Hall–Kier alpha value is -1.39. The smallest absolute Gasteiger partial charge is 0.229 e. The topological polar surface area (TPSA) is 29.5 Å². The van der Waals surface area contributed by atoms with Crippen LogP contribution in [0.1, 0.15) is 37.3 Å². The van der Waals surface area contributed by atoms with E-state index in [1.54, 1.807) is 0 Å². The predicted octanol–water partition coefficient (Wildman–Crippen LogP) is 4.54. The summed E-state index contributed by atoms with van der Waals surface area (Å²) in [6.07, 6.45) is 6.44. The minimum absolute atomic E-state index is 0.0836. The highest BCUT2D eigenvalue weighted by atomic mass is 28.3. The van der Waals surface area contributed by atoms with Gasteiger partial charge in [-0.15, -0.1) is 0 Å². The molecule has 2 heterocycles. The number of nitrogens with zero attached hydrogens (tertiary/aromatic N) is 1. The standard InChI is InChI=1S/C21H29NO2Si/c1-25(2,3)14-8-11-17-18-12-7-13-21(18)22(20(17)23)19(15-24-21)16-9-5-4-6-10-16/h4-6,8-10,14,17-19H,7,11-13,15H2,1-3H3/b14-8+/t17-,18-,19+,21+/m1/s1. The molecule has 4 rings (SSSR count). The molecule has 0 bridgehead atoms. The van der Waals surface area contributed by atoms with E-state index in [2.05, 4.69) is 60.6 Å². The van der Waals surface area contributed by atoms with Crippen molar-refractivity contribution in [2.75, 3.05) is 6.61 Å². The molecule has 3 nitrogen and oxygen atoms in total. The van der Waals surface area contributed by atoms with Crippen LogP contribution in [0, 0.1) is 11.8 Å². The molecule has 2 saturated heterocycles. The van der Waals surface area contributed by atoms with Crippen molar-refractivity contribution < 1.29 is 9.53 Å². The number of allylic oxidation sites excluding steroid dienone is 1. The first-order valence-corrected chi connectivity index (χ1v) is 13.2. The highest BCUT2D eigenvalue weighted by Gasteiger charge is 2.65. The molecule has 0 aromatic heterocycles. The highest BCUT2D eigenvalue weighted by Crippen LogP contribution is 2.58.